The molecule has 0 fully saturated rings. The lowest BCUT2D eigenvalue weighted by molar-refractivity contribution is -0.147. The highest BCUT2D eigenvalue weighted by Gasteiger charge is 2.44. The first-order chi connectivity index (χ1) is 30.2. The molecule has 0 saturated carbocycles. The summed E-state index contributed by atoms with van der Waals surface area (Å²) in [5.41, 5.74) is 7.18. The van der Waals surface area contributed by atoms with Crippen LogP contribution in [-0.4, -0.2) is 138 Å². The first-order valence-corrected chi connectivity index (χ1v) is 19.9. The second kappa shape index (κ2) is 22.5. The maximum absolute atomic E-state index is 12.5. The van der Waals surface area contributed by atoms with Crippen LogP contribution >= 0.6 is 12.2 Å². The number of amides is 1. The van der Waals surface area contributed by atoms with Crippen molar-refractivity contribution in [3.63, 3.8) is 0 Å². The number of phenolic OH excluding ortho intramolecular Hbond substituents is 1. The summed E-state index contributed by atoms with van der Waals surface area (Å²) in [6.45, 7) is 2.42. The molecule has 0 saturated heterocycles. The number of fused-ring (bicyclic) bond motifs is 2. The Morgan fingerprint density at radius 3 is 2.22 bits per heavy atom. The second-order valence-electron chi connectivity index (χ2n) is 14.0. The Bertz CT molecular complexity index is 2340. The zero-order valence-corrected chi connectivity index (χ0v) is 34.6. The summed E-state index contributed by atoms with van der Waals surface area (Å²) in [5.74, 6) is -4.05. The number of ether oxygens (including phenoxy) is 5. The van der Waals surface area contributed by atoms with Gasteiger partial charge in [-0.25, -0.2) is 14.4 Å². The molecule has 5 atom stereocenters. The number of thiocarbonyl (C=S) groups is 1. The Balaban J connectivity index is 0.975. The number of nitrogens with one attached hydrogen (secondary N) is 5. The summed E-state index contributed by atoms with van der Waals surface area (Å²) in [6.07, 6.45) is -4.11. The number of aliphatic hydroxyl groups excluding tert-OH is 2. The Labute approximate surface area is 364 Å². The average Bonchev–Trinajstić information content (AvgIpc) is 3.23. The van der Waals surface area contributed by atoms with Crippen LogP contribution in [0.2, 0.25) is 0 Å². The predicted molar refractivity (Wildman–Crippen MR) is 230 cm³/mol. The van der Waals surface area contributed by atoms with Crippen molar-refractivity contribution in [3.8, 4) is 28.2 Å². The van der Waals surface area contributed by atoms with Gasteiger partial charge in [-0.2, -0.15) is 0 Å². The maximum Gasteiger partial charge on any atom is 0.407 e. The molecule has 21 nitrogen and oxygen atoms in total. The van der Waals surface area contributed by atoms with Crippen LogP contribution < -0.4 is 32.4 Å². The zero-order valence-electron chi connectivity index (χ0n) is 33.8. The highest BCUT2D eigenvalue weighted by molar-refractivity contribution is 7.80. The van der Waals surface area contributed by atoms with E-state index in [4.69, 9.17) is 51.5 Å². The molecule has 338 valence electrons. The van der Waals surface area contributed by atoms with Crippen molar-refractivity contribution in [3.05, 3.63) is 82.2 Å². The summed E-state index contributed by atoms with van der Waals surface area (Å²) in [4.78, 5) is 48.8. The number of guanidine groups is 1. The Morgan fingerprint density at radius 1 is 0.905 bits per heavy atom. The Hall–Kier alpha value is -6.56. The second-order valence-corrected chi connectivity index (χ2v) is 14.4. The van der Waals surface area contributed by atoms with E-state index in [9.17, 15) is 44.7 Å². The number of carboxylic acid groups (broad SMARTS) is 2. The Morgan fingerprint density at radius 2 is 1.57 bits per heavy atom. The molecule has 2 heterocycles. The zero-order chi connectivity index (χ0) is 45.6. The number of rotatable bonds is 21. The lowest BCUT2D eigenvalue weighted by atomic mass is 9.87. The third-order valence-corrected chi connectivity index (χ3v) is 9.84. The number of carbonyl (C=O) groups is 3. The van der Waals surface area contributed by atoms with Gasteiger partial charge in [0, 0.05) is 53.3 Å². The highest BCUT2D eigenvalue weighted by atomic mass is 32.1. The first-order valence-electron chi connectivity index (χ1n) is 19.5. The van der Waals surface area contributed by atoms with E-state index in [1.807, 2.05) is 0 Å². The molecule has 1 amide bonds. The number of phenols is 1. The summed E-state index contributed by atoms with van der Waals surface area (Å²) >= 11 is 5.39. The van der Waals surface area contributed by atoms with Crippen LogP contribution in [0, 0.1) is 11.3 Å². The monoisotopic (exact) mass is 896 g/mol. The van der Waals surface area contributed by atoms with Gasteiger partial charge >= 0.3 is 18.0 Å². The van der Waals surface area contributed by atoms with Gasteiger partial charge in [0.25, 0.3) is 0 Å². The quantitative estimate of drug-likeness (QED) is 0.0186. The van der Waals surface area contributed by atoms with Crippen molar-refractivity contribution in [2.75, 3.05) is 64.7 Å². The summed E-state index contributed by atoms with van der Waals surface area (Å²) in [7, 11) is 0. The molecule has 3 aliphatic rings. The van der Waals surface area contributed by atoms with Gasteiger partial charge in [-0.3, -0.25) is 10.2 Å². The summed E-state index contributed by atoms with van der Waals surface area (Å²) < 4.78 is 33.2. The number of carboxylic acids is 2. The predicted octanol–water partition coefficient (Wildman–Crippen LogP) is 1.61. The van der Waals surface area contributed by atoms with E-state index in [1.165, 1.54) is 36.4 Å². The van der Waals surface area contributed by atoms with Crippen molar-refractivity contribution in [2.24, 2.45) is 11.7 Å². The minimum atomic E-state index is -1.62. The topological polar surface area (TPSA) is 327 Å². The summed E-state index contributed by atoms with van der Waals surface area (Å²) in [6, 6.07) is 12.7. The molecule has 0 spiro atoms. The number of aliphatic hydroxyl groups is 2. The molecule has 2 aromatic carbocycles. The number of benzene rings is 3. The summed E-state index contributed by atoms with van der Waals surface area (Å²) in [5, 5.41) is 69.0. The van der Waals surface area contributed by atoms with Crippen LogP contribution in [0.5, 0.6) is 5.75 Å². The largest absolute Gasteiger partial charge is 0.508 e. The van der Waals surface area contributed by atoms with Gasteiger partial charge in [-0.15, -0.1) is 0 Å². The lowest BCUT2D eigenvalue weighted by Gasteiger charge is -2.39. The molecule has 0 unspecified atom stereocenters. The number of anilines is 1. The fourth-order valence-corrected chi connectivity index (χ4v) is 6.85. The molecular weight excluding hydrogens is 849 g/mol. The van der Waals surface area contributed by atoms with Crippen LogP contribution in [0.4, 0.5) is 10.5 Å². The van der Waals surface area contributed by atoms with Gasteiger partial charge in [0.1, 0.15) is 29.3 Å². The molecule has 0 radical (unpaired) electrons. The minimum Gasteiger partial charge on any atom is -0.508 e. The van der Waals surface area contributed by atoms with Gasteiger partial charge in [0.15, 0.2) is 22.6 Å². The van der Waals surface area contributed by atoms with Gasteiger partial charge < -0.3 is 80.6 Å². The lowest BCUT2D eigenvalue weighted by Crippen LogP contribution is -2.56. The molecular formula is C41H48N6O15S. The Kier molecular flexibility index (Phi) is 17.0. The van der Waals surface area contributed by atoms with Crippen LogP contribution in [-0.2, 0) is 28.5 Å². The minimum absolute atomic E-state index is 0.00664. The first kappa shape index (κ1) is 47.5. The van der Waals surface area contributed by atoms with Crippen molar-refractivity contribution < 1.29 is 68.0 Å². The number of nitrogens with two attached hydrogens (primary N) is 1. The number of carbonyl (C=O) groups excluding carboxylic acids is 1. The number of aromatic carboxylic acids is 1. The van der Waals surface area contributed by atoms with Crippen molar-refractivity contribution in [2.45, 2.75) is 31.3 Å². The SMILES string of the molecule is C[C@H]1[C@H]([C@H](OC(=O)NCCOCCOCCOCCNC(=S)Nc2ccc(-c3c4ccc(=O)cc-4oc4cc(O)ccc34)c(C(=O)O)c2)[C@H](O)CO)OC(C(=O)O)=C[C@@H]1NC(=N)N. The molecule has 63 heavy (non-hydrogen) atoms. The van der Waals surface area contributed by atoms with Gasteiger partial charge in [-0.05, 0) is 60.3 Å². The number of aromatic hydroxyl groups is 1. The van der Waals surface area contributed by atoms with Crippen LogP contribution in [0.1, 0.15) is 17.3 Å². The van der Waals surface area contributed by atoms with Crippen LogP contribution in [0.25, 0.3) is 33.4 Å². The molecule has 0 bridgehead atoms. The number of aliphatic carboxylic acids is 1. The van der Waals surface area contributed by atoms with Crippen LogP contribution in [0.3, 0.4) is 0 Å². The third-order valence-electron chi connectivity index (χ3n) is 9.59. The van der Waals surface area contributed by atoms with Crippen molar-refractivity contribution in [1.29, 1.82) is 5.41 Å². The molecule has 12 N–H and O–H groups in total. The third kappa shape index (κ3) is 13.0. The molecule has 2 aliphatic heterocycles. The van der Waals surface area contributed by atoms with Gasteiger partial charge in [0.05, 0.1) is 57.9 Å². The number of hydrogen-bond donors (Lipinski definition) is 11. The van der Waals surface area contributed by atoms with E-state index in [0.29, 0.717) is 34.3 Å². The van der Waals surface area contributed by atoms with Crippen molar-refractivity contribution in [1.82, 2.24) is 16.0 Å². The molecule has 1 aliphatic carbocycles. The molecule has 0 aromatic heterocycles. The van der Waals surface area contributed by atoms with E-state index in [1.54, 1.807) is 31.2 Å². The van der Waals surface area contributed by atoms with Crippen LogP contribution in [0.15, 0.2) is 75.6 Å². The van der Waals surface area contributed by atoms with E-state index in [-0.39, 0.29) is 79.4 Å². The molecule has 5 rings (SSSR count). The molecule has 22 heteroatoms. The fourth-order valence-electron chi connectivity index (χ4n) is 6.63. The van der Waals surface area contributed by atoms with E-state index in [2.05, 4.69) is 21.3 Å². The van der Waals surface area contributed by atoms with Gasteiger partial charge in [-0.1, -0.05) is 13.0 Å². The highest BCUT2D eigenvalue weighted by Crippen LogP contribution is 2.42. The fraction of sp³-hybridized carbons (Fsp3) is 0.366. The van der Waals surface area contributed by atoms with Gasteiger partial charge in [0.2, 0.25) is 5.76 Å². The maximum atomic E-state index is 12.5. The normalized spacial score (nSPS) is 16.9. The van der Waals surface area contributed by atoms with Crippen molar-refractivity contribution >= 4 is 58.0 Å². The van der Waals surface area contributed by atoms with E-state index in [0.717, 1.165) is 0 Å². The standard InChI is InChI=1S/C41H48N6O15S/c1-21-29(47-39(42)43)19-33(38(54)55)61-35(21)36(30(51)20-48)62-41(56)45-9-11-58-13-15-59-14-12-57-10-8-44-40(63)46-22-2-5-25(28(16-22)37(52)53)34-26-6-3-23(49)17-31(26)60-32-18-24(50)4-7-27(32)34/h2-7,16-19,21,29-30,35-36,48-49,51H,8-15,20H2,1H3,(H,45,56)(H,52,53)(H,54,55)(H4,42,43,47)(H2,44,46,63)/t21-,29+,30-,35-,36-/m1/s1. The molecule has 2 aromatic rings. The van der Waals surface area contributed by atoms with E-state index < -0.39 is 66.6 Å². The van der Waals surface area contributed by atoms with E-state index >= 15 is 0 Å². The average molecular weight is 897 g/mol. The smallest absolute Gasteiger partial charge is 0.407 e. The number of alkyl carbamates (subject to hydrolysis) is 1. The number of hydrogen-bond acceptors (Lipinski definition) is 15.